The number of nitrogens with one attached hydrogen (secondary N) is 1. The average molecular weight is 257 g/mol. The molecule has 0 unspecified atom stereocenters. The molecule has 0 spiro atoms. The van der Waals surface area contributed by atoms with E-state index in [9.17, 15) is 0 Å². The lowest BCUT2D eigenvalue weighted by Crippen LogP contribution is -2.13. The van der Waals surface area contributed by atoms with Gasteiger partial charge in [-0.05, 0) is 18.2 Å². The van der Waals surface area contributed by atoms with Crippen LogP contribution in [0.3, 0.4) is 0 Å². The van der Waals surface area contributed by atoms with Crippen LogP contribution in [-0.4, -0.2) is 17.9 Å². The minimum atomic E-state index is -0.0555. The molecule has 0 saturated heterocycles. The van der Waals surface area contributed by atoms with Gasteiger partial charge in [-0.15, -0.1) is 0 Å². The number of nitrogen functional groups attached to an aromatic ring is 1. The molecule has 3 N–H and O–H groups in total. The molecule has 1 aromatic carbocycles. The lowest BCUT2D eigenvalue weighted by atomic mass is 10.1. The molecular weight excluding hydrogens is 242 g/mol. The standard InChI is InChI=1S/C14H15N3O2/c1-18-12-6-2-5-11(14(15)16)13(12)19-9-10-4-3-7-17-8-10/h2-8H,9H2,1H3,(H3,15,16). The lowest BCUT2D eigenvalue weighted by Gasteiger charge is -2.14. The maximum absolute atomic E-state index is 7.56. The zero-order valence-electron chi connectivity index (χ0n) is 10.6. The van der Waals surface area contributed by atoms with Crippen LogP contribution < -0.4 is 15.2 Å². The number of nitrogens with zero attached hydrogens (tertiary/aromatic N) is 1. The third kappa shape index (κ3) is 3.01. The van der Waals surface area contributed by atoms with Crippen molar-refractivity contribution >= 4 is 5.84 Å². The first-order valence-electron chi connectivity index (χ1n) is 5.75. The second kappa shape index (κ2) is 5.86. The Labute approximate surface area is 111 Å². The minimum Gasteiger partial charge on any atom is -0.493 e. The Balaban J connectivity index is 2.25. The van der Waals surface area contributed by atoms with E-state index in [-0.39, 0.29) is 5.84 Å². The summed E-state index contributed by atoms with van der Waals surface area (Å²) in [5, 5.41) is 7.56. The van der Waals surface area contributed by atoms with Gasteiger partial charge in [0.1, 0.15) is 12.4 Å². The SMILES string of the molecule is COc1cccc(C(=N)N)c1OCc1cccnc1. The van der Waals surface area contributed by atoms with Crippen LogP contribution in [0.1, 0.15) is 11.1 Å². The van der Waals surface area contributed by atoms with Crippen LogP contribution in [0.4, 0.5) is 0 Å². The number of para-hydroxylation sites is 1. The van der Waals surface area contributed by atoms with Gasteiger partial charge >= 0.3 is 0 Å². The summed E-state index contributed by atoms with van der Waals surface area (Å²) in [6, 6.07) is 9.02. The fourth-order valence-electron chi connectivity index (χ4n) is 1.68. The molecule has 1 heterocycles. The summed E-state index contributed by atoms with van der Waals surface area (Å²) >= 11 is 0. The summed E-state index contributed by atoms with van der Waals surface area (Å²) in [6.07, 6.45) is 3.43. The first-order valence-corrected chi connectivity index (χ1v) is 5.75. The Morgan fingerprint density at radius 2 is 2.16 bits per heavy atom. The summed E-state index contributed by atoms with van der Waals surface area (Å²) < 4.78 is 11.0. The van der Waals surface area contributed by atoms with E-state index < -0.39 is 0 Å². The highest BCUT2D eigenvalue weighted by molar-refractivity contribution is 5.98. The average Bonchev–Trinajstić information content (AvgIpc) is 2.45. The van der Waals surface area contributed by atoms with Gasteiger partial charge < -0.3 is 15.2 Å². The highest BCUT2D eigenvalue weighted by Gasteiger charge is 2.12. The zero-order chi connectivity index (χ0) is 13.7. The van der Waals surface area contributed by atoms with Gasteiger partial charge in [0.25, 0.3) is 0 Å². The molecule has 0 amide bonds. The molecule has 0 radical (unpaired) electrons. The van der Waals surface area contributed by atoms with Crippen molar-refractivity contribution in [1.82, 2.24) is 4.98 Å². The molecule has 5 nitrogen and oxygen atoms in total. The van der Waals surface area contributed by atoms with Gasteiger partial charge in [-0.25, -0.2) is 0 Å². The number of ether oxygens (including phenoxy) is 2. The lowest BCUT2D eigenvalue weighted by molar-refractivity contribution is 0.283. The third-order valence-electron chi connectivity index (χ3n) is 2.59. The maximum Gasteiger partial charge on any atom is 0.172 e. The van der Waals surface area contributed by atoms with Crippen LogP contribution in [0, 0.1) is 5.41 Å². The molecule has 0 aliphatic heterocycles. The molecule has 0 fully saturated rings. The number of rotatable bonds is 5. The van der Waals surface area contributed by atoms with Crippen LogP contribution in [0.25, 0.3) is 0 Å². The summed E-state index contributed by atoms with van der Waals surface area (Å²) in [6.45, 7) is 0.342. The van der Waals surface area contributed by atoms with Crippen molar-refractivity contribution < 1.29 is 9.47 Å². The van der Waals surface area contributed by atoms with Crippen LogP contribution in [-0.2, 0) is 6.61 Å². The van der Waals surface area contributed by atoms with Gasteiger partial charge in [0.15, 0.2) is 11.5 Å². The van der Waals surface area contributed by atoms with Crippen molar-refractivity contribution in [3.8, 4) is 11.5 Å². The number of pyridine rings is 1. The molecule has 98 valence electrons. The molecule has 1 aromatic heterocycles. The Kier molecular flexibility index (Phi) is 3.97. The molecule has 0 bridgehead atoms. The topological polar surface area (TPSA) is 81.2 Å². The Bertz CT molecular complexity index is 570. The van der Waals surface area contributed by atoms with E-state index in [1.54, 1.807) is 37.7 Å². The summed E-state index contributed by atoms with van der Waals surface area (Å²) in [7, 11) is 1.55. The number of amidine groups is 1. The smallest absolute Gasteiger partial charge is 0.172 e. The van der Waals surface area contributed by atoms with E-state index in [4.69, 9.17) is 20.6 Å². The van der Waals surface area contributed by atoms with E-state index in [2.05, 4.69) is 4.98 Å². The zero-order valence-corrected chi connectivity index (χ0v) is 10.6. The molecule has 0 aliphatic rings. The molecule has 0 aliphatic carbocycles. The van der Waals surface area contributed by atoms with Crippen molar-refractivity contribution in [3.05, 3.63) is 53.9 Å². The monoisotopic (exact) mass is 257 g/mol. The molecule has 2 rings (SSSR count). The van der Waals surface area contributed by atoms with Crippen molar-refractivity contribution in [2.24, 2.45) is 5.73 Å². The molecule has 0 atom stereocenters. The van der Waals surface area contributed by atoms with Gasteiger partial charge in [-0.3, -0.25) is 10.4 Å². The van der Waals surface area contributed by atoms with Crippen LogP contribution >= 0.6 is 0 Å². The first-order chi connectivity index (χ1) is 9.22. The molecular formula is C14H15N3O2. The third-order valence-corrected chi connectivity index (χ3v) is 2.59. The number of benzene rings is 1. The Morgan fingerprint density at radius 3 is 2.79 bits per heavy atom. The van der Waals surface area contributed by atoms with E-state index >= 15 is 0 Å². The van der Waals surface area contributed by atoms with Gasteiger partial charge in [0.2, 0.25) is 0 Å². The van der Waals surface area contributed by atoms with E-state index in [0.717, 1.165) is 5.56 Å². The highest BCUT2D eigenvalue weighted by atomic mass is 16.5. The molecule has 5 heteroatoms. The number of hydrogen-bond donors (Lipinski definition) is 2. The first kappa shape index (κ1) is 12.9. The minimum absolute atomic E-state index is 0.0555. The van der Waals surface area contributed by atoms with Crippen LogP contribution in [0.5, 0.6) is 11.5 Å². The molecule has 0 saturated carbocycles. The summed E-state index contributed by atoms with van der Waals surface area (Å²) in [5.41, 5.74) is 6.99. The Morgan fingerprint density at radius 1 is 1.32 bits per heavy atom. The largest absolute Gasteiger partial charge is 0.493 e. The molecule has 2 aromatic rings. The van der Waals surface area contributed by atoms with Crippen LogP contribution in [0.15, 0.2) is 42.7 Å². The van der Waals surface area contributed by atoms with Gasteiger partial charge in [-0.1, -0.05) is 12.1 Å². The van der Waals surface area contributed by atoms with Crippen LogP contribution in [0.2, 0.25) is 0 Å². The van der Waals surface area contributed by atoms with Crippen molar-refractivity contribution in [2.45, 2.75) is 6.61 Å². The predicted molar refractivity (Wildman–Crippen MR) is 72.6 cm³/mol. The quantitative estimate of drug-likeness (QED) is 0.633. The van der Waals surface area contributed by atoms with Gasteiger partial charge in [0.05, 0.1) is 12.7 Å². The highest BCUT2D eigenvalue weighted by Crippen LogP contribution is 2.31. The number of methoxy groups -OCH3 is 1. The number of nitrogens with two attached hydrogens (primary N) is 1. The summed E-state index contributed by atoms with van der Waals surface area (Å²) in [4.78, 5) is 4.02. The van der Waals surface area contributed by atoms with E-state index in [0.29, 0.717) is 23.7 Å². The van der Waals surface area contributed by atoms with E-state index in [1.807, 2.05) is 12.1 Å². The number of hydrogen-bond acceptors (Lipinski definition) is 4. The molecule has 19 heavy (non-hydrogen) atoms. The maximum atomic E-state index is 7.56. The summed E-state index contributed by atoms with van der Waals surface area (Å²) in [5.74, 6) is 0.970. The second-order valence-corrected chi connectivity index (χ2v) is 3.90. The Hall–Kier alpha value is -2.56. The van der Waals surface area contributed by atoms with Crippen molar-refractivity contribution in [3.63, 3.8) is 0 Å². The van der Waals surface area contributed by atoms with Gasteiger partial charge in [-0.2, -0.15) is 0 Å². The fraction of sp³-hybridized carbons (Fsp3) is 0.143. The van der Waals surface area contributed by atoms with Crippen molar-refractivity contribution in [2.75, 3.05) is 7.11 Å². The second-order valence-electron chi connectivity index (χ2n) is 3.90. The van der Waals surface area contributed by atoms with Crippen molar-refractivity contribution in [1.29, 1.82) is 5.41 Å². The predicted octanol–water partition coefficient (Wildman–Crippen LogP) is 1.95. The number of aromatic nitrogens is 1. The van der Waals surface area contributed by atoms with Gasteiger partial charge in [0, 0.05) is 18.0 Å². The fourth-order valence-corrected chi connectivity index (χ4v) is 1.68. The van der Waals surface area contributed by atoms with E-state index in [1.165, 1.54) is 0 Å². The normalized spacial score (nSPS) is 9.95.